The van der Waals surface area contributed by atoms with Crippen LogP contribution in [0.1, 0.15) is 11.4 Å². The fraction of sp³-hybridized carbons (Fsp3) is 0.250. The number of aromatic amines is 1. The zero-order valence-electron chi connectivity index (χ0n) is 9.21. The number of benzene rings is 1. The maximum Gasteiger partial charge on any atom is 0.128 e. The first-order valence-electron chi connectivity index (χ1n) is 5.38. The molecule has 5 heteroatoms. The average molecular weight is 298 g/mol. The van der Waals surface area contributed by atoms with Gasteiger partial charge in [-0.3, -0.25) is 0 Å². The molecular weight excluding hydrogens is 285 g/mol. The van der Waals surface area contributed by atoms with E-state index in [1.54, 1.807) is 18.5 Å². The molecule has 0 radical (unpaired) electrons. The molecule has 0 aliphatic rings. The molecule has 0 spiro atoms. The van der Waals surface area contributed by atoms with E-state index in [0.717, 1.165) is 23.3 Å². The summed E-state index contributed by atoms with van der Waals surface area (Å²) in [6.07, 6.45) is 4.33. The fourth-order valence-electron chi connectivity index (χ4n) is 1.53. The minimum absolute atomic E-state index is 0.190. The Morgan fingerprint density at radius 3 is 3.00 bits per heavy atom. The van der Waals surface area contributed by atoms with Crippen LogP contribution in [0.5, 0.6) is 0 Å². The highest BCUT2D eigenvalue weighted by atomic mass is 79.9. The van der Waals surface area contributed by atoms with Gasteiger partial charge in [-0.1, -0.05) is 22.0 Å². The molecule has 90 valence electrons. The Hall–Kier alpha value is -1.20. The minimum atomic E-state index is -0.190. The molecule has 2 aromatic rings. The van der Waals surface area contributed by atoms with Crippen molar-refractivity contribution in [2.45, 2.75) is 13.0 Å². The molecule has 0 saturated carbocycles. The summed E-state index contributed by atoms with van der Waals surface area (Å²) in [4.78, 5) is 7.14. The van der Waals surface area contributed by atoms with Crippen molar-refractivity contribution in [2.75, 3.05) is 6.54 Å². The van der Waals surface area contributed by atoms with E-state index in [1.807, 2.05) is 6.07 Å². The molecule has 0 bridgehead atoms. The number of nitrogens with one attached hydrogen (secondary N) is 2. The maximum atomic E-state index is 13.5. The van der Waals surface area contributed by atoms with Crippen molar-refractivity contribution < 1.29 is 4.39 Å². The van der Waals surface area contributed by atoms with Gasteiger partial charge >= 0.3 is 0 Å². The molecule has 1 aromatic heterocycles. The predicted molar refractivity (Wildman–Crippen MR) is 68.1 cm³/mol. The molecule has 1 aromatic carbocycles. The van der Waals surface area contributed by atoms with Gasteiger partial charge in [-0.25, -0.2) is 9.37 Å². The van der Waals surface area contributed by atoms with Crippen LogP contribution in [0.3, 0.4) is 0 Å². The van der Waals surface area contributed by atoms with Crippen molar-refractivity contribution in [1.29, 1.82) is 0 Å². The number of hydrogen-bond acceptors (Lipinski definition) is 2. The third-order valence-corrected chi connectivity index (χ3v) is 2.92. The minimum Gasteiger partial charge on any atom is -0.349 e. The molecule has 2 N–H and O–H groups in total. The molecular formula is C12H13BrFN3. The maximum absolute atomic E-state index is 13.5. The predicted octanol–water partition coefficient (Wildman–Crippen LogP) is 2.64. The lowest BCUT2D eigenvalue weighted by Gasteiger charge is -2.05. The van der Waals surface area contributed by atoms with Crippen LogP contribution in [0.2, 0.25) is 0 Å². The number of halogens is 2. The summed E-state index contributed by atoms with van der Waals surface area (Å²) < 4.78 is 14.2. The van der Waals surface area contributed by atoms with Gasteiger partial charge < -0.3 is 10.3 Å². The first kappa shape index (κ1) is 12.3. The van der Waals surface area contributed by atoms with Crippen molar-refractivity contribution in [2.24, 2.45) is 0 Å². The SMILES string of the molecule is Fc1cc(Br)ccc1CNCCc1ncc[nH]1. The molecule has 0 aliphatic heterocycles. The second-order valence-electron chi connectivity index (χ2n) is 3.70. The van der Waals surface area contributed by atoms with Crippen molar-refractivity contribution in [3.05, 3.63) is 52.3 Å². The van der Waals surface area contributed by atoms with Gasteiger partial charge in [-0.05, 0) is 12.1 Å². The van der Waals surface area contributed by atoms with Gasteiger partial charge in [-0.15, -0.1) is 0 Å². The summed E-state index contributed by atoms with van der Waals surface area (Å²) in [5, 5.41) is 3.18. The fourth-order valence-corrected chi connectivity index (χ4v) is 1.86. The Kier molecular flexibility index (Phi) is 4.28. The highest BCUT2D eigenvalue weighted by Crippen LogP contribution is 2.14. The number of nitrogens with zero attached hydrogens (tertiary/aromatic N) is 1. The van der Waals surface area contributed by atoms with E-state index in [2.05, 4.69) is 31.2 Å². The van der Waals surface area contributed by atoms with Crippen LogP contribution >= 0.6 is 15.9 Å². The van der Waals surface area contributed by atoms with Crippen molar-refractivity contribution >= 4 is 15.9 Å². The van der Waals surface area contributed by atoms with E-state index in [0.29, 0.717) is 12.1 Å². The Balaban J connectivity index is 1.78. The monoisotopic (exact) mass is 297 g/mol. The van der Waals surface area contributed by atoms with Crippen molar-refractivity contribution in [3.63, 3.8) is 0 Å². The molecule has 0 amide bonds. The lowest BCUT2D eigenvalue weighted by atomic mass is 10.2. The smallest absolute Gasteiger partial charge is 0.128 e. The zero-order valence-corrected chi connectivity index (χ0v) is 10.8. The third kappa shape index (κ3) is 3.64. The van der Waals surface area contributed by atoms with Gasteiger partial charge in [0.15, 0.2) is 0 Å². The Labute approximate surface area is 108 Å². The van der Waals surface area contributed by atoms with Crippen LogP contribution in [0.15, 0.2) is 35.1 Å². The first-order valence-corrected chi connectivity index (χ1v) is 6.18. The first-order chi connectivity index (χ1) is 8.25. The Bertz CT molecular complexity index is 471. The summed E-state index contributed by atoms with van der Waals surface area (Å²) in [6, 6.07) is 5.09. The molecule has 1 heterocycles. The quantitative estimate of drug-likeness (QED) is 0.833. The van der Waals surface area contributed by atoms with Gasteiger partial charge in [0.2, 0.25) is 0 Å². The van der Waals surface area contributed by atoms with Crippen molar-refractivity contribution in [3.8, 4) is 0 Å². The van der Waals surface area contributed by atoms with E-state index in [9.17, 15) is 4.39 Å². The molecule has 0 unspecified atom stereocenters. The second-order valence-corrected chi connectivity index (χ2v) is 4.61. The highest BCUT2D eigenvalue weighted by molar-refractivity contribution is 9.10. The average Bonchev–Trinajstić information content (AvgIpc) is 2.79. The van der Waals surface area contributed by atoms with Crippen LogP contribution < -0.4 is 5.32 Å². The lowest BCUT2D eigenvalue weighted by Crippen LogP contribution is -2.17. The number of imidazole rings is 1. The van der Waals surface area contributed by atoms with Crippen LogP contribution in [0.25, 0.3) is 0 Å². The summed E-state index contributed by atoms with van der Waals surface area (Å²) in [5.74, 6) is 0.749. The summed E-state index contributed by atoms with van der Waals surface area (Å²) in [7, 11) is 0. The number of aromatic nitrogens is 2. The molecule has 0 aliphatic carbocycles. The number of hydrogen-bond donors (Lipinski definition) is 2. The van der Waals surface area contributed by atoms with Gasteiger partial charge in [-0.2, -0.15) is 0 Å². The third-order valence-electron chi connectivity index (χ3n) is 2.42. The van der Waals surface area contributed by atoms with Crippen LogP contribution in [-0.2, 0) is 13.0 Å². The Morgan fingerprint density at radius 1 is 1.41 bits per heavy atom. The topological polar surface area (TPSA) is 40.7 Å². The molecule has 0 saturated heterocycles. The molecule has 0 atom stereocenters. The van der Waals surface area contributed by atoms with Crippen LogP contribution in [0, 0.1) is 5.82 Å². The van der Waals surface area contributed by atoms with Gasteiger partial charge in [0.05, 0.1) is 0 Å². The summed E-state index contributed by atoms with van der Waals surface area (Å²) in [6.45, 7) is 1.29. The van der Waals surface area contributed by atoms with Crippen LogP contribution in [0.4, 0.5) is 4.39 Å². The van der Waals surface area contributed by atoms with E-state index < -0.39 is 0 Å². The molecule has 0 fully saturated rings. The normalized spacial score (nSPS) is 10.7. The lowest BCUT2D eigenvalue weighted by molar-refractivity contribution is 0.586. The van der Waals surface area contributed by atoms with E-state index in [4.69, 9.17) is 0 Å². The van der Waals surface area contributed by atoms with E-state index >= 15 is 0 Å². The van der Waals surface area contributed by atoms with E-state index in [1.165, 1.54) is 6.07 Å². The molecule has 2 rings (SSSR count). The Morgan fingerprint density at radius 2 is 2.29 bits per heavy atom. The highest BCUT2D eigenvalue weighted by Gasteiger charge is 2.02. The van der Waals surface area contributed by atoms with Gasteiger partial charge in [0, 0.05) is 41.9 Å². The number of H-pyrrole nitrogens is 1. The number of rotatable bonds is 5. The largest absolute Gasteiger partial charge is 0.349 e. The van der Waals surface area contributed by atoms with Gasteiger partial charge in [0.25, 0.3) is 0 Å². The summed E-state index contributed by atoms with van der Waals surface area (Å²) >= 11 is 3.23. The molecule has 3 nitrogen and oxygen atoms in total. The second kappa shape index (κ2) is 5.93. The standard InChI is InChI=1S/C12H13BrFN3/c13-10-2-1-9(11(14)7-10)8-15-4-3-12-16-5-6-17-12/h1-2,5-7,15H,3-4,8H2,(H,16,17). The van der Waals surface area contributed by atoms with E-state index in [-0.39, 0.29) is 5.82 Å². The van der Waals surface area contributed by atoms with Gasteiger partial charge in [0.1, 0.15) is 11.6 Å². The van der Waals surface area contributed by atoms with Crippen molar-refractivity contribution in [1.82, 2.24) is 15.3 Å². The van der Waals surface area contributed by atoms with Crippen LogP contribution in [-0.4, -0.2) is 16.5 Å². The summed E-state index contributed by atoms with van der Waals surface area (Å²) in [5.41, 5.74) is 0.674. The zero-order chi connectivity index (χ0) is 12.1. The molecule has 17 heavy (non-hydrogen) atoms.